The molecule has 0 radical (unpaired) electrons. The van der Waals surface area contributed by atoms with Crippen LogP contribution < -0.4 is 0 Å². The quantitative estimate of drug-likeness (QED) is 0.504. The number of benzene rings is 1. The Morgan fingerprint density at radius 3 is 2.67 bits per heavy atom. The van der Waals surface area contributed by atoms with Gasteiger partial charge in [-0.25, -0.2) is 9.31 Å². The van der Waals surface area contributed by atoms with Gasteiger partial charge in [0.1, 0.15) is 5.69 Å². The fourth-order valence-corrected chi connectivity index (χ4v) is 3.01. The van der Waals surface area contributed by atoms with Crippen molar-refractivity contribution in [3.63, 3.8) is 0 Å². The van der Waals surface area contributed by atoms with Gasteiger partial charge in [-0.05, 0) is 41.6 Å². The Morgan fingerprint density at radius 1 is 1.19 bits per heavy atom. The van der Waals surface area contributed by atoms with Crippen LogP contribution in [0.5, 0.6) is 0 Å². The average Bonchev–Trinajstić information content (AvgIpc) is 2.86. The van der Waals surface area contributed by atoms with Gasteiger partial charge < -0.3 is 4.74 Å². The van der Waals surface area contributed by atoms with Gasteiger partial charge in [0.2, 0.25) is 0 Å². The second-order valence-corrected chi connectivity index (χ2v) is 5.54. The van der Waals surface area contributed by atoms with Crippen LogP contribution in [0.25, 0.3) is 16.8 Å². The number of carbonyl (C=O) groups excluding carboxylic acids is 1. The molecule has 0 aliphatic rings. The lowest BCUT2D eigenvalue weighted by Gasteiger charge is -2.03. The first-order valence-corrected chi connectivity index (χ1v) is 7.70. The highest BCUT2D eigenvalue weighted by Crippen LogP contribution is 2.28. The number of fused-ring (bicyclic) bond motifs is 1. The van der Waals surface area contributed by atoms with Crippen LogP contribution in [0.2, 0.25) is 0 Å². The molecule has 0 bridgehead atoms. The molecule has 2 aromatic heterocycles. The zero-order chi connectivity index (χ0) is 14.8. The summed E-state index contributed by atoms with van der Waals surface area (Å²) in [5.74, 6) is -0.360. The molecule has 0 amide bonds. The summed E-state index contributed by atoms with van der Waals surface area (Å²) in [5.41, 5.74) is 3.24. The minimum absolute atomic E-state index is 0.346. The maximum atomic E-state index is 12.0. The lowest BCUT2D eigenvalue weighted by molar-refractivity contribution is 0.0516. The predicted molar refractivity (Wildman–Crippen MR) is 89.3 cm³/mol. The molecule has 5 heteroatoms. The minimum atomic E-state index is -0.360. The van der Waals surface area contributed by atoms with Crippen molar-refractivity contribution in [1.82, 2.24) is 9.61 Å². The molecule has 1 aromatic carbocycles. The van der Waals surface area contributed by atoms with E-state index < -0.39 is 0 Å². The number of rotatable bonds is 3. The largest absolute Gasteiger partial charge is 0.461 e. The molecule has 106 valence electrons. The molecule has 3 aromatic rings. The fraction of sp³-hybridized carbons (Fsp3) is 0.125. The van der Waals surface area contributed by atoms with Crippen molar-refractivity contribution in [2.24, 2.45) is 0 Å². The van der Waals surface area contributed by atoms with Gasteiger partial charge in [-0.1, -0.05) is 36.4 Å². The molecular formula is C16H13IN2O2. The molecule has 21 heavy (non-hydrogen) atoms. The van der Waals surface area contributed by atoms with Crippen molar-refractivity contribution < 1.29 is 9.53 Å². The molecule has 4 nitrogen and oxygen atoms in total. The van der Waals surface area contributed by atoms with Crippen molar-refractivity contribution in [3.8, 4) is 11.3 Å². The molecule has 0 saturated heterocycles. The summed E-state index contributed by atoms with van der Waals surface area (Å²) in [4.78, 5) is 12.0. The molecule has 0 aliphatic heterocycles. The van der Waals surface area contributed by atoms with E-state index in [-0.39, 0.29) is 5.97 Å². The van der Waals surface area contributed by atoms with Gasteiger partial charge in [0.15, 0.2) is 5.69 Å². The van der Waals surface area contributed by atoms with Gasteiger partial charge in [-0.3, -0.25) is 0 Å². The molecule has 0 atom stereocenters. The molecule has 3 rings (SSSR count). The van der Waals surface area contributed by atoms with Crippen molar-refractivity contribution in [3.05, 3.63) is 57.8 Å². The number of hydrogen-bond donors (Lipinski definition) is 0. The van der Waals surface area contributed by atoms with E-state index in [0.29, 0.717) is 12.3 Å². The summed E-state index contributed by atoms with van der Waals surface area (Å²) < 4.78 is 7.76. The highest BCUT2D eigenvalue weighted by atomic mass is 127. The van der Waals surface area contributed by atoms with Crippen molar-refractivity contribution in [2.45, 2.75) is 6.92 Å². The van der Waals surface area contributed by atoms with Crippen LogP contribution in [0.3, 0.4) is 0 Å². The van der Waals surface area contributed by atoms with Crippen LogP contribution in [0.4, 0.5) is 0 Å². The van der Waals surface area contributed by atoms with E-state index in [1.807, 2.05) is 42.5 Å². The monoisotopic (exact) mass is 392 g/mol. The van der Waals surface area contributed by atoms with Crippen molar-refractivity contribution in [1.29, 1.82) is 0 Å². The van der Waals surface area contributed by atoms with Crippen LogP contribution in [-0.2, 0) is 4.74 Å². The third-order valence-corrected chi connectivity index (χ3v) is 4.19. The third-order valence-electron chi connectivity index (χ3n) is 3.13. The number of nitrogens with zero attached hydrogens (tertiary/aromatic N) is 2. The number of halogens is 1. The van der Waals surface area contributed by atoms with Gasteiger partial charge in [-0.2, -0.15) is 5.10 Å². The average molecular weight is 392 g/mol. The van der Waals surface area contributed by atoms with E-state index in [1.54, 1.807) is 17.5 Å². The number of pyridine rings is 1. The Bertz CT molecular complexity index is 797. The molecule has 0 fully saturated rings. The normalized spacial score (nSPS) is 10.8. The predicted octanol–water partition coefficient (Wildman–Crippen LogP) is 3.78. The molecule has 0 aliphatic carbocycles. The van der Waals surface area contributed by atoms with Gasteiger partial charge >= 0.3 is 5.97 Å². The Kier molecular flexibility index (Phi) is 3.92. The molecule has 2 heterocycles. The Morgan fingerprint density at radius 2 is 1.95 bits per heavy atom. The number of aromatic nitrogens is 2. The Hall–Kier alpha value is -1.89. The topological polar surface area (TPSA) is 43.6 Å². The summed E-state index contributed by atoms with van der Waals surface area (Å²) in [7, 11) is 0. The van der Waals surface area contributed by atoms with E-state index >= 15 is 0 Å². The second-order valence-electron chi connectivity index (χ2n) is 4.46. The van der Waals surface area contributed by atoms with Gasteiger partial charge in [-0.15, -0.1) is 0 Å². The maximum Gasteiger partial charge on any atom is 0.356 e. The lowest BCUT2D eigenvalue weighted by atomic mass is 10.1. The van der Waals surface area contributed by atoms with E-state index in [1.165, 1.54) is 0 Å². The highest BCUT2D eigenvalue weighted by Gasteiger charge is 2.17. The first kappa shape index (κ1) is 14.1. The zero-order valence-electron chi connectivity index (χ0n) is 11.4. The highest BCUT2D eigenvalue weighted by molar-refractivity contribution is 14.1. The smallest absolute Gasteiger partial charge is 0.356 e. The lowest BCUT2D eigenvalue weighted by Crippen LogP contribution is -2.10. The van der Waals surface area contributed by atoms with Crippen LogP contribution in [0, 0.1) is 3.57 Å². The number of esters is 1. The number of hydrogen-bond acceptors (Lipinski definition) is 3. The summed E-state index contributed by atoms with van der Waals surface area (Å²) >= 11 is 2.26. The molecule has 0 N–H and O–H groups in total. The Labute approximate surface area is 135 Å². The van der Waals surface area contributed by atoms with Crippen LogP contribution in [-0.4, -0.2) is 22.2 Å². The van der Waals surface area contributed by atoms with Crippen LogP contribution in [0.15, 0.2) is 48.5 Å². The maximum absolute atomic E-state index is 12.0. The SMILES string of the molecule is CCOC(=O)c1cccc2c(I)c(-c3ccccc3)nn12. The number of ether oxygens (including phenoxy) is 1. The van der Waals surface area contributed by atoms with Crippen molar-refractivity contribution >= 4 is 34.1 Å². The molecule has 0 saturated carbocycles. The molecule has 0 spiro atoms. The van der Waals surface area contributed by atoms with E-state index in [0.717, 1.165) is 20.3 Å². The van der Waals surface area contributed by atoms with Crippen LogP contribution >= 0.6 is 22.6 Å². The second kappa shape index (κ2) is 5.85. The van der Waals surface area contributed by atoms with Gasteiger partial charge in [0, 0.05) is 5.56 Å². The minimum Gasteiger partial charge on any atom is -0.461 e. The Balaban J connectivity index is 2.20. The van der Waals surface area contributed by atoms with Crippen LogP contribution in [0.1, 0.15) is 17.4 Å². The van der Waals surface area contributed by atoms with E-state index in [4.69, 9.17) is 4.74 Å². The van der Waals surface area contributed by atoms with Crippen molar-refractivity contribution in [2.75, 3.05) is 6.61 Å². The summed E-state index contributed by atoms with van der Waals surface area (Å²) in [6, 6.07) is 15.5. The first-order valence-electron chi connectivity index (χ1n) is 6.62. The summed E-state index contributed by atoms with van der Waals surface area (Å²) in [6.07, 6.45) is 0. The summed E-state index contributed by atoms with van der Waals surface area (Å²) in [6.45, 7) is 2.14. The van der Waals surface area contributed by atoms with Gasteiger partial charge in [0.05, 0.1) is 15.7 Å². The van der Waals surface area contributed by atoms with E-state index in [2.05, 4.69) is 27.7 Å². The first-order chi connectivity index (χ1) is 10.2. The molecule has 0 unspecified atom stereocenters. The number of carbonyl (C=O) groups is 1. The summed E-state index contributed by atoms with van der Waals surface area (Å²) in [5, 5.41) is 4.59. The van der Waals surface area contributed by atoms with Gasteiger partial charge in [0.25, 0.3) is 0 Å². The van der Waals surface area contributed by atoms with E-state index in [9.17, 15) is 4.79 Å². The third kappa shape index (κ3) is 2.53. The zero-order valence-corrected chi connectivity index (χ0v) is 13.6. The molecular weight excluding hydrogens is 379 g/mol. The fourth-order valence-electron chi connectivity index (χ4n) is 2.18. The standard InChI is InChI=1S/C16H13IN2O2/c1-2-21-16(20)13-10-6-9-12-14(17)15(18-19(12)13)11-7-4-3-5-8-11/h3-10H,2H2,1H3.